The fraction of sp³-hybridized carbons (Fsp3) is 0.400. The number of rotatable bonds is 4. The minimum absolute atomic E-state index is 0.0954. The number of imide groups is 1. The van der Waals surface area contributed by atoms with Crippen molar-refractivity contribution in [2.45, 2.75) is 19.0 Å². The molecule has 0 saturated carbocycles. The Balaban J connectivity index is 1.94. The predicted molar refractivity (Wildman–Crippen MR) is 58.4 cm³/mol. The average Bonchev–Trinajstić information content (AvgIpc) is 2.88. The van der Waals surface area contributed by atoms with Crippen LogP contribution in [0.25, 0.3) is 0 Å². The number of carbonyl (C=O) groups is 2. The van der Waals surface area contributed by atoms with Gasteiger partial charge in [0.15, 0.2) is 0 Å². The van der Waals surface area contributed by atoms with Crippen molar-refractivity contribution in [3.63, 3.8) is 0 Å². The minimum atomic E-state index is -0.637. The summed E-state index contributed by atoms with van der Waals surface area (Å²) < 4.78 is 4.92. The first kappa shape index (κ1) is 12.2. The monoisotopic (exact) mass is 253 g/mol. The van der Waals surface area contributed by atoms with Gasteiger partial charge < -0.3 is 4.42 Å². The molecule has 0 aromatic carbocycles. The Morgan fingerprint density at radius 3 is 2.78 bits per heavy atom. The van der Waals surface area contributed by atoms with Crippen molar-refractivity contribution in [2.24, 2.45) is 0 Å². The van der Waals surface area contributed by atoms with Gasteiger partial charge in [-0.25, -0.2) is 0 Å². The molecule has 0 aliphatic carbocycles. The zero-order valence-electron chi connectivity index (χ0n) is 9.58. The van der Waals surface area contributed by atoms with E-state index in [4.69, 9.17) is 4.42 Å². The molecule has 8 nitrogen and oxygen atoms in total. The zero-order chi connectivity index (χ0) is 13.3. The van der Waals surface area contributed by atoms with Crippen LogP contribution in [0.4, 0.5) is 5.88 Å². The molecule has 2 amide bonds. The van der Waals surface area contributed by atoms with Gasteiger partial charge >= 0.3 is 5.88 Å². The van der Waals surface area contributed by atoms with Gasteiger partial charge in [0.2, 0.25) is 11.8 Å². The van der Waals surface area contributed by atoms with Crippen LogP contribution in [0.5, 0.6) is 0 Å². The largest absolute Gasteiger partial charge is 0.433 e. The minimum Gasteiger partial charge on any atom is -0.404 e. The summed E-state index contributed by atoms with van der Waals surface area (Å²) in [6.45, 7) is 0.158. The summed E-state index contributed by atoms with van der Waals surface area (Å²) in [6, 6.07) is 2.10. The molecule has 1 aromatic rings. The third-order valence-corrected chi connectivity index (χ3v) is 2.73. The highest BCUT2D eigenvalue weighted by molar-refractivity contribution is 6.05. The maximum absolute atomic E-state index is 11.6. The van der Waals surface area contributed by atoms with E-state index in [1.165, 1.54) is 19.2 Å². The maximum Gasteiger partial charge on any atom is 0.433 e. The van der Waals surface area contributed by atoms with Crippen LogP contribution in [-0.2, 0) is 16.1 Å². The maximum atomic E-state index is 11.6. The number of hydrogen-bond donors (Lipinski definition) is 1. The Morgan fingerprint density at radius 2 is 2.28 bits per heavy atom. The Morgan fingerprint density at radius 1 is 1.56 bits per heavy atom. The van der Waals surface area contributed by atoms with Crippen LogP contribution in [0.2, 0.25) is 0 Å². The molecule has 0 radical (unpaired) electrons. The van der Waals surface area contributed by atoms with Gasteiger partial charge in [0.05, 0.1) is 25.1 Å². The van der Waals surface area contributed by atoms with Gasteiger partial charge in [-0.2, -0.15) is 0 Å². The molecule has 1 saturated heterocycles. The van der Waals surface area contributed by atoms with Gasteiger partial charge in [-0.1, -0.05) is 0 Å². The number of furan rings is 1. The summed E-state index contributed by atoms with van der Waals surface area (Å²) in [6.07, 6.45) is 0.0954. The molecule has 2 heterocycles. The number of nitro groups is 1. The van der Waals surface area contributed by atoms with E-state index in [9.17, 15) is 19.7 Å². The van der Waals surface area contributed by atoms with Gasteiger partial charge in [0, 0.05) is 7.05 Å². The van der Waals surface area contributed by atoms with Crippen molar-refractivity contribution in [3.8, 4) is 0 Å². The van der Waals surface area contributed by atoms with Crippen molar-refractivity contribution in [1.29, 1.82) is 0 Å². The second-order valence-electron chi connectivity index (χ2n) is 3.93. The highest BCUT2D eigenvalue weighted by Crippen LogP contribution is 2.16. The van der Waals surface area contributed by atoms with E-state index in [0.29, 0.717) is 5.76 Å². The first-order valence-electron chi connectivity index (χ1n) is 5.26. The smallest absolute Gasteiger partial charge is 0.404 e. The third-order valence-electron chi connectivity index (χ3n) is 2.73. The Bertz CT molecular complexity index is 509. The van der Waals surface area contributed by atoms with Crippen LogP contribution >= 0.6 is 0 Å². The molecule has 1 fully saturated rings. The van der Waals surface area contributed by atoms with Gasteiger partial charge in [0.1, 0.15) is 10.7 Å². The van der Waals surface area contributed by atoms with E-state index in [0.717, 1.165) is 4.90 Å². The lowest BCUT2D eigenvalue weighted by atomic mass is 10.2. The molecule has 1 unspecified atom stereocenters. The Hall–Kier alpha value is -2.22. The lowest BCUT2D eigenvalue weighted by Gasteiger charge is -2.09. The lowest BCUT2D eigenvalue weighted by molar-refractivity contribution is -0.402. The summed E-state index contributed by atoms with van der Waals surface area (Å²) >= 11 is 0. The molecular weight excluding hydrogens is 242 g/mol. The molecule has 0 spiro atoms. The lowest BCUT2D eigenvalue weighted by Crippen LogP contribution is -2.36. The second-order valence-corrected chi connectivity index (χ2v) is 3.93. The first-order chi connectivity index (χ1) is 8.49. The van der Waals surface area contributed by atoms with Crippen LogP contribution in [0.15, 0.2) is 16.5 Å². The summed E-state index contributed by atoms with van der Waals surface area (Å²) in [5.74, 6) is -0.557. The number of nitrogens with one attached hydrogen (secondary N) is 1. The zero-order valence-corrected chi connectivity index (χ0v) is 9.58. The van der Waals surface area contributed by atoms with E-state index < -0.39 is 11.0 Å². The third kappa shape index (κ3) is 2.23. The molecule has 0 bridgehead atoms. The molecule has 1 atom stereocenters. The van der Waals surface area contributed by atoms with E-state index in [1.807, 2.05) is 0 Å². The molecule has 2 rings (SSSR count). The van der Waals surface area contributed by atoms with Crippen molar-refractivity contribution >= 4 is 17.7 Å². The van der Waals surface area contributed by atoms with Crippen LogP contribution in [0, 0.1) is 10.1 Å². The molecule has 1 aliphatic heterocycles. The van der Waals surface area contributed by atoms with Crippen LogP contribution in [-0.4, -0.2) is 34.7 Å². The Kier molecular flexibility index (Phi) is 3.11. The first-order valence-corrected chi connectivity index (χ1v) is 5.26. The summed E-state index contributed by atoms with van der Waals surface area (Å²) in [5.41, 5.74) is 0. The van der Waals surface area contributed by atoms with E-state index in [-0.39, 0.29) is 30.7 Å². The molecular formula is C10H11N3O5. The summed E-state index contributed by atoms with van der Waals surface area (Å²) in [5, 5.41) is 13.2. The highest BCUT2D eigenvalue weighted by atomic mass is 16.6. The normalized spacial score (nSPS) is 19.6. The predicted octanol–water partition coefficient (Wildman–Crippen LogP) is 0.0347. The van der Waals surface area contributed by atoms with Crippen molar-refractivity contribution < 1.29 is 18.9 Å². The van der Waals surface area contributed by atoms with E-state index in [2.05, 4.69) is 5.32 Å². The van der Waals surface area contributed by atoms with E-state index in [1.54, 1.807) is 0 Å². The fourth-order valence-electron chi connectivity index (χ4n) is 1.70. The van der Waals surface area contributed by atoms with Crippen molar-refractivity contribution in [2.75, 3.05) is 7.05 Å². The average molecular weight is 253 g/mol. The van der Waals surface area contributed by atoms with Gasteiger partial charge in [-0.05, 0) is 6.07 Å². The molecule has 1 N–H and O–H groups in total. The van der Waals surface area contributed by atoms with E-state index >= 15 is 0 Å². The summed E-state index contributed by atoms with van der Waals surface area (Å²) in [7, 11) is 1.42. The SMILES string of the molecule is CN1C(=O)CC(NCc2ccc([N+](=O)[O-])o2)C1=O. The van der Waals surface area contributed by atoms with Gasteiger partial charge in [-0.3, -0.25) is 29.9 Å². The standard InChI is InChI=1S/C10H11N3O5/c1-12-8(14)4-7(10(12)15)11-5-6-2-3-9(18-6)13(16)17/h2-3,7,11H,4-5H2,1H3. The van der Waals surface area contributed by atoms with Crippen LogP contribution in [0.1, 0.15) is 12.2 Å². The number of carbonyl (C=O) groups excluding carboxylic acids is 2. The number of hydrogen-bond acceptors (Lipinski definition) is 6. The van der Waals surface area contributed by atoms with Crippen LogP contribution in [0.3, 0.4) is 0 Å². The number of amides is 2. The summed E-state index contributed by atoms with van der Waals surface area (Å²) in [4.78, 5) is 33.6. The molecule has 1 aliphatic rings. The number of nitrogens with zero attached hydrogens (tertiary/aromatic N) is 2. The molecule has 1 aromatic heterocycles. The molecule has 8 heteroatoms. The van der Waals surface area contributed by atoms with Gasteiger partial charge in [0.25, 0.3) is 0 Å². The van der Waals surface area contributed by atoms with Crippen LogP contribution < -0.4 is 5.32 Å². The highest BCUT2D eigenvalue weighted by Gasteiger charge is 2.35. The fourth-order valence-corrected chi connectivity index (χ4v) is 1.70. The molecule has 96 valence electrons. The van der Waals surface area contributed by atoms with Crippen molar-refractivity contribution in [3.05, 3.63) is 28.0 Å². The van der Waals surface area contributed by atoms with Gasteiger partial charge in [-0.15, -0.1) is 0 Å². The second kappa shape index (κ2) is 4.57. The number of likely N-dealkylation sites (N-methyl/N-ethyl adjacent to an activating group) is 1. The Labute approximate surface area is 102 Å². The quantitative estimate of drug-likeness (QED) is 0.461. The molecule has 18 heavy (non-hydrogen) atoms. The topological polar surface area (TPSA) is 106 Å². The van der Waals surface area contributed by atoms with Crippen molar-refractivity contribution in [1.82, 2.24) is 10.2 Å². The number of likely N-dealkylation sites (tertiary alicyclic amines) is 1.